The molecule has 5 nitrogen and oxygen atoms in total. The number of nitrogens with one attached hydrogen (secondary N) is 1. The van der Waals surface area contributed by atoms with E-state index in [4.69, 9.17) is 16.9 Å². The van der Waals surface area contributed by atoms with Crippen LogP contribution < -0.4 is 5.32 Å². The van der Waals surface area contributed by atoms with Gasteiger partial charge in [-0.3, -0.25) is 5.32 Å². The molecule has 0 aromatic heterocycles. The summed E-state index contributed by atoms with van der Waals surface area (Å²) < 4.78 is 23.8. The molecule has 0 bridgehead atoms. The van der Waals surface area contributed by atoms with Gasteiger partial charge >= 0.3 is 10.5 Å². The smallest absolute Gasteiger partial charge is 0.293 e. The molecular weight excluding hydrogens is 226 g/mol. The van der Waals surface area contributed by atoms with Crippen molar-refractivity contribution in [3.05, 3.63) is 23.2 Å². The molecule has 0 saturated carbocycles. The maximum absolute atomic E-state index is 10.3. The van der Waals surface area contributed by atoms with Gasteiger partial charge in [0.1, 0.15) is 5.69 Å². The van der Waals surface area contributed by atoms with Gasteiger partial charge in [-0.05, 0) is 18.2 Å². The predicted molar refractivity (Wildman–Crippen MR) is 51.7 cm³/mol. The number of nitriles is 1. The first-order valence-electron chi connectivity index (χ1n) is 3.39. The molecule has 1 N–H and O–H groups in total. The van der Waals surface area contributed by atoms with Crippen molar-refractivity contribution in [2.45, 2.75) is 0 Å². The van der Waals surface area contributed by atoms with E-state index < -0.39 is 10.5 Å². The fourth-order valence-electron chi connectivity index (χ4n) is 0.805. The molecule has 1 rings (SSSR count). The number of rotatable bonds is 2. The van der Waals surface area contributed by atoms with Crippen molar-refractivity contribution >= 4 is 33.5 Å². The Balaban J connectivity index is 3.23. The molecule has 0 aliphatic heterocycles. The highest BCUT2D eigenvalue weighted by Crippen LogP contribution is 2.27. The van der Waals surface area contributed by atoms with E-state index in [0.29, 0.717) is 5.69 Å². The summed E-state index contributed by atoms with van der Waals surface area (Å²) in [6.07, 6.45) is 1.70. The highest BCUT2D eigenvalue weighted by atomic mass is 35.5. The largest absolute Gasteiger partial charge is 0.316 e. The third-order valence-electron chi connectivity index (χ3n) is 1.32. The van der Waals surface area contributed by atoms with Crippen LogP contribution in [0.5, 0.6) is 0 Å². The number of nitrogens with zero attached hydrogens (tertiary/aromatic N) is 2. The van der Waals surface area contributed by atoms with Gasteiger partial charge in [0.15, 0.2) is 6.19 Å². The normalized spacial score (nSPS) is 8.86. The van der Waals surface area contributed by atoms with Gasteiger partial charge in [-0.1, -0.05) is 11.6 Å². The first kappa shape index (κ1) is 10.5. The lowest BCUT2D eigenvalue weighted by Gasteiger charge is -1.99. The first-order valence-corrected chi connectivity index (χ1v) is 4.80. The fourth-order valence-corrected chi connectivity index (χ4v) is 1.33. The van der Waals surface area contributed by atoms with Crippen LogP contribution in [0.3, 0.4) is 0 Å². The molecule has 0 amide bonds. The monoisotopic (exact) mass is 229 g/mol. The molecule has 14 heavy (non-hydrogen) atoms. The number of benzene rings is 1. The summed E-state index contributed by atoms with van der Waals surface area (Å²) in [5.41, 5.74) is 0.529. The average Bonchev–Trinajstić information content (AvgIpc) is 2.10. The predicted octanol–water partition coefficient (Wildman–Crippen LogP) is 1.93. The summed E-state index contributed by atoms with van der Waals surface area (Å²) in [5.74, 6) is 0. The molecule has 0 heterocycles. The zero-order valence-electron chi connectivity index (χ0n) is 6.73. The molecule has 1 aromatic carbocycles. The van der Waals surface area contributed by atoms with Gasteiger partial charge in [-0.15, -0.1) is 4.36 Å². The molecule has 0 saturated heterocycles. The molecule has 0 spiro atoms. The molecule has 7 heteroatoms. The van der Waals surface area contributed by atoms with Crippen molar-refractivity contribution in [2.75, 3.05) is 5.32 Å². The van der Waals surface area contributed by atoms with E-state index in [1.165, 1.54) is 18.2 Å². The summed E-state index contributed by atoms with van der Waals surface area (Å²) in [4.78, 5) is 0. The van der Waals surface area contributed by atoms with Crippen LogP contribution in [0.25, 0.3) is 0 Å². The Kier molecular flexibility index (Phi) is 3.45. The van der Waals surface area contributed by atoms with Crippen molar-refractivity contribution in [1.82, 2.24) is 0 Å². The van der Waals surface area contributed by atoms with E-state index in [1.807, 2.05) is 0 Å². The van der Waals surface area contributed by atoms with Gasteiger partial charge in [0.05, 0.1) is 10.7 Å². The van der Waals surface area contributed by atoms with Crippen molar-refractivity contribution in [1.29, 1.82) is 5.26 Å². The minimum atomic E-state index is -2.56. The second-order valence-corrected chi connectivity index (χ2v) is 3.24. The Hall–Kier alpha value is -1.58. The van der Waals surface area contributed by atoms with E-state index in [2.05, 4.69) is 9.68 Å². The minimum Gasteiger partial charge on any atom is -0.293 e. The topological polar surface area (TPSA) is 82.3 Å². The van der Waals surface area contributed by atoms with Crippen LogP contribution in [0, 0.1) is 11.5 Å². The van der Waals surface area contributed by atoms with E-state index in [-0.39, 0.29) is 10.7 Å². The maximum atomic E-state index is 10.3. The summed E-state index contributed by atoms with van der Waals surface area (Å²) in [5, 5.41) is 10.9. The second-order valence-electron chi connectivity index (χ2n) is 2.21. The maximum Gasteiger partial charge on any atom is 0.316 e. The lowest BCUT2D eigenvalue weighted by molar-refractivity contribution is 0.622. The number of hydrogen-bond donors (Lipinski definition) is 1. The van der Waals surface area contributed by atoms with Crippen LogP contribution in [-0.2, 0) is 10.5 Å². The van der Waals surface area contributed by atoms with Gasteiger partial charge in [-0.25, -0.2) is 0 Å². The van der Waals surface area contributed by atoms with E-state index in [1.54, 1.807) is 6.19 Å². The van der Waals surface area contributed by atoms with Crippen LogP contribution >= 0.6 is 11.6 Å². The number of anilines is 1. The third kappa shape index (κ3) is 2.73. The van der Waals surface area contributed by atoms with Crippen LogP contribution in [-0.4, -0.2) is 8.42 Å². The summed E-state index contributed by atoms with van der Waals surface area (Å²) in [6, 6.07) is 4.35. The van der Waals surface area contributed by atoms with Crippen molar-refractivity contribution < 1.29 is 8.42 Å². The summed E-state index contributed by atoms with van der Waals surface area (Å²) >= 11 is 5.66. The Morgan fingerprint density at radius 2 is 2.21 bits per heavy atom. The van der Waals surface area contributed by atoms with Crippen molar-refractivity contribution in [2.24, 2.45) is 4.36 Å². The zero-order valence-corrected chi connectivity index (χ0v) is 8.30. The summed E-state index contributed by atoms with van der Waals surface area (Å²) in [7, 11) is -2.56. The molecular formula is C7H4ClN3O2S. The van der Waals surface area contributed by atoms with Crippen LogP contribution in [0.2, 0.25) is 5.02 Å². The van der Waals surface area contributed by atoms with Gasteiger partial charge in [0.25, 0.3) is 0 Å². The minimum absolute atomic E-state index is 0.0975. The fraction of sp³-hybridized carbons (Fsp3) is 0. The molecule has 0 aliphatic carbocycles. The van der Waals surface area contributed by atoms with Crippen LogP contribution in [0.15, 0.2) is 22.6 Å². The van der Waals surface area contributed by atoms with Gasteiger partial charge in [0.2, 0.25) is 0 Å². The van der Waals surface area contributed by atoms with Crippen molar-refractivity contribution in [3.63, 3.8) is 0 Å². The molecule has 0 aliphatic rings. The summed E-state index contributed by atoms with van der Waals surface area (Å²) in [6.45, 7) is 0. The quantitative estimate of drug-likeness (QED) is 0.621. The van der Waals surface area contributed by atoms with Crippen molar-refractivity contribution in [3.8, 4) is 6.19 Å². The van der Waals surface area contributed by atoms with Gasteiger partial charge in [0, 0.05) is 0 Å². The number of hydrogen-bond acceptors (Lipinski definition) is 5. The Bertz CT molecular complexity index is 510. The third-order valence-corrected chi connectivity index (χ3v) is 1.98. The average molecular weight is 230 g/mol. The van der Waals surface area contributed by atoms with Gasteiger partial charge < -0.3 is 0 Å². The zero-order chi connectivity index (χ0) is 10.6. The van der Waals surface area contributed by atoms with E-state index in [9.17, 15) is 8.42 Å². The Morgan fingerprint density at radius 1 is 1.50 bits per heavy atom. The molecule has 0 atom stereocenters. The van der Waals surface area contributed by atoms with Gasteiger partial charge in [-0.2, -0.15) is 13.7 Å². The molecule has 0 fully saturated rings. The van der Waals surface area contributed by atoms with E-state index in [0.717, 1.165) is 0 Å². The second kappa shape index (κ2) is 4.60. The van der Waals surface area contributed by atoms with Crippen LogP contribution in [0.1, 0.15) is 0 Å². The number of halogens is 1. The molecule has 0 unspecified atom stereocenters. The first-order chi connectivity index (χ1) is 6.63. The molecule has 72 valence electrons. The highest BCUT2D eigenvalue weighted by Gasteiger charge is 2.00. The lowest BCUT2D eigenvalue weighted by Crippen LogP contribution is -1.85. The molecule has 1 aromatic rings. The van der Waals surface area contributed by atoms with Crippen LogP contribution in [0.4, 0.5) is 11.4 Å². The SMILES string of the molecule is N#CNc1ccc(Cl)c(N=S(=O)=O)c1. The standard InChI is InChI=1S/C7H4ClN3O2S/c8-6-2-1-5(10-4-9)3-7(6)11-14(12)13/h1-3,10H. The Labute approximate surface area is 86.6 Å². The van der Waals surface area contributed by atoms with E-state index >= 15 is 0 Å². The Morgan fingerprint density at radius 3 is 2.79 bits per heavy atom. The lowest BCUT2D eigenvalue weighted by atomic mass is 10.3. The molecule has 0 radical (unpaired) electrons. The highest BCUT2D eigenvalue weighted by molar-refractivity contribution is 7.61.